The van der Waals surface area contributed by atoms with Gasteiger partial charge in [0.1, 0.15) is 17.3 Å². The lowest BCUT2D eigenvalue weighted by molar-refractivity contribution is 0.629. The van der Waals surface area contributed by atoms with Gasteiger partial charge in [0.25, 0.3) is 0 Å². The summed E-state index contributed by atoms with van der Waals surface area (Å²) in [5, 5.41) is 4.36. The molecule has 3 nitrogen and oxygen atoms in total. The second-order valence-corrected chi connectivity index (χ2v) is 4.91. The van der Waals surface area contributed by atoms with E-state index in [4.69, 9.17) is 5.73 Å². The van der Waals surface area contributed by atoms with E-state index < -0.39 is 0 Å². The molecular weight excluding hydrogens is 229 g/mol. The van der Waals surface area contributed by atoms with Crippen LogP contribution < -0.4 is 5.73 Å². The van der Waals surface area contributed by atoms with Gasteiger partial charge in [-0.15, -0.1) is 0 Å². The van der Waals surface area contributed by atoms with Gasteiger partial charge in [0.05, 0.1) is 0 Å². The summed E-state index contributed by atoms with van der Waals surface area (Å²) in [5.41, 5.74) is 9.08. The van der Waals surface area contributed by atoms with E-state index in [9.17, 15) is 4.39 Å². The number of aromatic nitrogens is 2. The molecule has 0 aliphatic rings. The minimum atomic E-state index is -0.263. The van der Waals surface area contributed by atoms with Gasteiger partial charge < -0.3 is 5.73 Å². The van der Waals surface area contributed by atoms with Gasteiger partial charge in [0.15, 0.2) is 0 Å². The third kappa shape index (κ3) is 1.98. The standard InChI is InChI=1S/C14H18FN3/c1-8(2)12-13(17-18(4)14(12)16)10-7-9(3)5-6-11(10)15/h5-8H,16H2,1-4H3. The number of nitrogens with two attached hydrogens (primary N) is 1. The van der Waals surface area contributed by atoms with Crippen molar-refractivity contribution in [2.75, 3.05) is 5.73 Å². The quantitative estimate of drug-likeness (QED) is 0.885. The van der Waals surface area contributed by atoms with Crippen LogP contribution in [0, 0.1) is 12.7 Å². The van der Waals surface area contributed by atoms with E-state index in [0.29, 0.717) is 17.1 Å². The van der Waals surface area contributed by atoms with Crippen LogP contribution in [0.25, 0.3) is 11.3 Å². The Bertz CT molecular complexity index is 585. The van der Waals surface area contributed by atoms with Crippen molar-refractivity contribution in [2.24, 2.45) is 7.05 Å². The maximum Gasteiger partial charge on any atom is 0.132 e. The fourth-order valence-corrected chi connectivity index (χ4v) is 2.14. The first-order valence-corrected chi connectivity index (χ1v) is 6.00. The Morgan fingerprint density at radius 2 is 2.00 bits per heavy atom. The van der Waals surface area contributed by atoms with Crippen LogP contribution >= 0.6 is 0 Å². The molecule has 2 N–H and O–H groups in total. The monoisotopic (exact) mass is 247 g/mol. The van der Waals surface area contributed by atoms with Crippen molar-refractivity contribution < 1.29 is 4.39 Å². The second kappa shape index (κ2) is 4.44. The van der Waals surface area contributed by atoms with Gasteiger partial charge >= 0.3 is 0 Å². The van der Waals surface area contributed by atoms with Crippen LogP contribution in [0.15, 0.2) is 18.2 Å². The fraction of sp³-hybridized carbons (Fsp3) is 0.357. The zero-order valence-corrected chi connectivity index (χ0v) is 11.2. The van der Waals surface area contributed by atoms with Crippen molar-refractivity contribution in [1.82, 2.24) is 9.78 Å². The minimum Gasteiger partial charge on any atom is -0.384 e. The lowest BCUT2D eigenvalue weighted by atomic mass is 9.97. The topological polar surface area (TPSA) is 43.8 Å². The average Bonchev–Trinajstić information content (AvgIpc) is 2.59. The molecule has 0 saturated carbocycles. The van der Waals surface area contributed by atoms with Crippen molar-refractivity contribution >= 4 is 5.82 Å². The molecule has 1 heterocycles. The zero-order valence-electron chi connectivity index (χ0n) is 11.2. The molecule has 0 spiro atoms. The third-order valence-electron chi connectivity index (χ3n) is 3.08. The Morgan fingerprint density at radius 3 is 2.61 bits per heavy atom. The average molecular weight is 247 g/mol. The Morgan fingerprint density at radius 1 is 1.33 bits per heavy atom. The summed E-state index contributed by atoms with van der Waals surface area (Å²) in [6.07, 6.45) is 0. The molecule has 0 bridgehead atoms. The molecular formula is C14H18FN3. The number of anilines is 1. The fourth-order valence-electron chi connectivity index (χ4n) is 2.14. The number of nitrogen functional groups attached to an aromatic ring is 1. The predicted octanol–water partition coefficient (Wildman–Crippen LogP) is 3.24. The molecule has 1 aromatic heterocycles. The minimum absolute atomic E-state index is 0.202. The number of benzene rings is 1. The Labute approximate surface area is 106 Å². The van der Waals surface area contributed by atoms with Crippen LogP contribution in [0.2, 0.25) is 0 Å². The number of rotatable bonds is 2. The summed E-state index contributed by atoms with van der Waals surface area (Å²) in [5.74, 6) is 0.537. The van der Waals surface area contributed by atoms with Crippen LogP contribution in [-0.2, 0) is 7.05 Å². The molecule has 0 aliphatic heterocycles. The molecule has 0 fully saturated rings. The summed E-state index contributed by atoms with van der Waals surface area (Å²) in [4.78, 5) is 0. The van der Waals surface area contributed by atoms with E-state index in [-0.39, 0.29) is 11.7 Å². The molecule has 0 radical (unpaired) electrons. The number of hydrogen-bond acceptors (Lipinski definition) is 2. The highest BCUT2D eigenvalue weighted by Gasteiger charge is 2.20. The Kier molecular flexibility index (Phi) is 3.11. The summed E-state index contributed by atoms with van der Waals surface area (Å²) in [6, 6.07) is 5.03. The predicted molar refractivity (Wildman–Crippen MR) is 71.8 cm³/mol. The van der Waals surface area contributed by atoms with Gasteiger partial charge in [-0.25, -0.2) is 4.39 Å². The highest BCUT2D eigenvalue weighted by molar-refractivity contribution is 5.70. The summed E-state index contributed by atoms with van der Waals surface area (Å²) in [7, 11) is 1.78. The first kappa shape index (κ1) is 12.6. The van der Waals surface area contributed by atoms with Crippen molar-refractivity contribution in [2.45, 2.75) is 26.7 Å². The van der Waals surface area contributed by atoms with Gasteiger partial charge in [0, 0.05) is 18.2 Å². The zero-order chi connectivity index (χ0) is 13.4. The normalized spacial score (nSPS) is 11.2. The molecule has 1 aromatic carbocycles. The van der Waals surface area contributed by atoms with Gasteiger partial charge in [-0.05, 0) is 25.0 Å². The van der Waals surface area contributed by atoms with E-state index in [1.807, 2.05) is 26.8 Å². The van der Waals surface area contributed by atoms with Gasteiger partial charge in [-0.2, -0.15) is 5.10 Å². The summed E-state index contributed by atoms with van der Waals surface area (Å²) >= 11 is 0. The largest absolute Gasteiger partial charge is 0.384 e. The van der Waals surface area contributed by atoms with Crippen LogP contribution in [-0.4, -0.2) is 9.78 Å². The van der Waals surface area contributed by atoms with Crippen molar-refractivity contribution in [1.29, 1.82) is 0 Å². The maximum absolute atomic E-state index is 13.9. The van der Waals surface area contributed by atoms with E-state index in [1.165, 1.54) is 6.07 Å². The van der Waals surface area contributed by atoms with Crippen LogP contribution in [0.3, 0.4) is 0 Å². The molecule has 0 aliphatic carbocycles. The lowest BCUT2D eigenvalue weighted by Gasteiger charge is -2.08. The first-order chi connectivity index (χ1) is 8.41. The third-order valence-corrected chi connectivity index (χ3v) is 3.08. The number of hydrogen-bond donors (Lipinski definition) is 1. The van der Waals surface area contributed by atoms with E-state index >= 15 is 0 Å². The maximum atomic E-state index is 13.9. The van der Waals surface area contributed by atoms with Crippen LogP contribution in [0.1, 0.15) is 30.9 Å². The second-order valence-electron chi connectivity index (χ2n) is 4.91. The number of aryl methyl sites for hydroxylation is 2. The molecule has 0 unspecified atom stereocenters. The van der Waals surface area contributed by atoms with Crippen molar-refractivity contribution in [3.63, 3.8) is 0 Å². The van der Waals surface area contributed by atoms with Crippen molar-refractivity contribution in [3.8, 4) is 11.3 Å². The van der Waals surface area contributed by atoms with Gasteiger partial charge in [0.2, 0.25) is 0 Å². The lowest BCUT2D eigenvalue weighted by Crippen LogP contribution is -2.00. The SMILES string of the molecule is Cc1ccc(F)c(-c2nn(C)c(N)c2C(C)C)c1. The molecule has 0 amide bonds. The molecule has 2 rings (SSSR count). The molecule has 4 heteroatoms. The molecule has 96 valence electrons. The molecule has 18 heavy (non-hydrogen) atoms. The first-order valence-electron chi connectivity index (χ1n) is 6.00. The smallest absolute Gasteiger partial charge is 0.132 e. The van der Waals surface area contributed by atoms with Crippen LogP contribution in [0.4, 0.5) is 10.2 Å². The Balaban J connectivity index is 2.71. The summed E-state index contributed by atoms with van der Waals surface area (Å²) < 4.78 is 15.6. The van der Waals surface area contributed by atoms with Crippen LogP contribution in [0.5, 0.6) is 0 Å². The highest BCUT2D eigenvalue weighted by atomic mass is 19.1. The summed E-state index contributed by atoms with van der Waals surface area (Å²) in [6.45, 7) is 6.00. The van der Waals surface area contributed by atoms with E-state index in [0.717, 1.165) is 11.1 Å². The Hall–Kier alpha value is -1.84. The number of halogens is 1. The molecule has 0 saturated heterocycles. The van der Waals surface area contributed by atoms with E-state index in [2.05, 4.69) is 5.10 Å². The van der Waals surface area contributed by atoms with Gasteiger partial charge in [-0.1, -0.05) is 25.5 Å². The highest BCUT2D eigenvalue weighted by Crippen LogP contribution is 2.34. The molecule has 0 atom stereocenters. The molecule has 2 aromatic rings. The van der Waals surface area contributed by atoms with Crippen molar-refractivity contribution in [3.05, 3.63) is 35.1 Å². The number of nitrogens with zero attached hydrogens (tertiary/aromatic N) is 2. The van der Waals surface area contributed by atoms with E-state index in [1.54, 1.807) is 17.8 Å². The van der Waals surface area contributed by atoms with Gasteiger partial charge in [-0.3, -0.25) is 4.68 Å².